The highest BCUT2D eigenvalue weighted by Crippen LogP contribution is 2.28. The largest absolute Gasteiger partial charge is 0.490 e. The van der Waals surface area contributed by atoms with Crippen LogP contribution >= 0.6 is 0 Å². The lowest BCUT2D eigenvalue weighted by Gasteiger charge is -2.26. The summed E-state index contributed by atoms with van der Waals surface area (Å²) in [6, 6.07) is 2.43. The van der Waals surface area contributed by atoms with Crippen LogP contribution in [0.5, 0.6) is 5.75 Å². The third-order valence-electron chi connectivity index (χ3n) is 3.43. The van der Waals surface area contributed by atoms with E-state index in [9.17, 15) is 29.6 Å². The predicted molar refractivity (Wildman–Crippen MR) is 86.5 cm³/mol. The van der Waals surface area contributed by atoms with Crippen LogP contribution < -0.4 is 10.1 Å². The monoisotopic (exact) mass is 353 g/mol. The number of methoxy groups -OCH3 is 1. The highest BCUT2D eigenvalue weighted by molar-refractivity contribution is 5.97. The standard InChI is InChI=1S/C15H19N3O7/c1-9(15(21)22)17(7-6-16-10(2)19)14(20)11-4-5-13(25-3)12(8-11)18(23)24/h4-5,8-9H,6-7H2,1-3H3,(H,16,19)(H,21,22). The number of benzene rings is 1. The van der Waals surface area contributed by atoms with Crippen LogP contribution in [-0.2, 0) is 9.59 Å². The molecule has 10 nitrogen and oxygen atoms in total. The van der Waals surface area contributed by atoms with Crippen molar-refractivity contribution in [2.45, 2.75) is 19.9 Å². The van der Waals surface area contributed by atoms with Gasteiger partial charge in [-0.2, -0.15) is 0 Å². The van der Waals surface area contributed by atoms with E-state index in [0.717, 1.165) is 11.0 Å². The zero-order chi connectivity index (χ0) is 19.1. The van der Waals surface area contributed by atoms with Gasteiger partial charge in [-0.1, -0.05) is 0 Å². The molecular formula is C15H19N3O7. The number of nitrogens with zero attached hydrogens (tertiary/aromatic N) is 2. The molecule has 1 aromatic rings. The molecule has 10 heteroatoms. The van der Waals surface area contributed by atoms with Crippen LogP contribution in [0.15, 0.2) is 18.2 Å². The maximum absolute atomic E-state index is 12.6. The van der Waals surface area contributed by atoms with Gasteiger partial charge >= 0.3 is 11.7 Å². The number of amides is 2. The van der Waals surface area contributed by atoms with Gasteiger partial charge in [-0.05, 0) is 19.1 Å². The Morgan fingerprint density at radius 2 is 2.04 bits per heavy atom. The van der Waals surface area contributed by atoms with E-state index < -0.39 is 28.5 Å². The van der Waals surface area contributed by atoms with Gasteiger partial charge in [0.2, 0.25) is 5.91 Å². The molecule has 0 radical (unpaired) electrons. The molecule has 0 heterocycles. The number of hydrogen-bond donors (Lipinski definition) is 2. The Morgan fingerprint density at radius 1 is 1.40 bits per heavy atom. The lowest BCUT2D eigenvalue weighted by Crippen LogP contribution is -2.46. The molecule has 1 rings (SSSR count). The van der Waals surface area contributed by atoms with Crippen molar-refractivity contribution >= 4 is 23.5 Å². The van der Waals surface area contributed by atoms with Gasteiger partial charge in [-0.3, -0.25) is 19.7 Å². The zero-order valence-corrected chi connectivity index (χ0v) is 14.0. The fourth-order valence-electron chi connectivity index (χ4n) is 2.09. The molecule has 1 aromatic carbocycles. The van der Waals surface area contributed by atoms with Gasteiger partial charge in [-0.15, -0.1) is 0 Å². The van der Waals surface area contributed by atoms with Gasteiger partial charge in [0.15, 0.2) is 5.75 Å². The van der Waals surface area contributed by atoms with Crippen LogP contribution in [0.25, 0.3) is 0 Å². The first-order valence-electron chi connectivity index (χ1n) is 7.29. The summed E-state index contributed by atoms with van der Waals surface area (Å²) in [5.74, 6) is -2.28. The first-order valence-corrected chi connectivity index (χ1v) is 7.29. The number of nitrogens with one attached hydrogen (secondary N) is 1. The maximum atomic E-state index is 12.6. The zero-order valence-electron chi connectivity index (χ0n) is 14.0. The number of nitro groups is 1. The van der Waals surface area contributed by atoms with Crippen molar-refractivity contribution < 1.29 is 29.2 Å². The van der Waals surface area contributed by atoms with Crippen LogP contribution in [-0.4, -0.2) is 59.0 Å². The molecule has 0 aromatic heterocycles. The fraction of sp³-hybridized carbons (Fsp3) is 0.400. The predicted octanol–water partition coefficient (Wildman–Crippen LogP) is 0.655. The molecule has 0 saturated carbocycles. The lowest BCUT2D eigenvalue weighted by atomic mass is 10.1. The first kappa shape index (κ1) is 19.9. The number of carbonyl (C=O) groups is 3. The molecule has 0 saturated heterocycles. The minimum atomic E-state index is -1.24. The summed E-state index contributed by atoms with van der Waals surface area (Å²) in [4.78, 5) is 46.2. The Kier molecular flexibility index (Phi) is 6.85. The molecule has 0 aliphatic heterocycles. The van der Waals surface area contributed by atoms with E-state index in [1.807, 2.05) is 0 Å². The Bertz CT molecular complexity index is 690. The first-order chi connectivity index (χ1) is 11.7. The van der Waals surface area contributed by atoms with Crippen LogP contribution in [0, 0.1) is 10.1 Å². The van der Waals surface area contributed by atoms with Crippen LogP contribution in [0.4, 0.5) is 5.69 Å². The van der Waals surface area contributed by atoms with Crippen LogP contribution in [0.2, 0.25) is 0 Å². The average Bonchev–Trinajstić information content (AvgIpc) is 2.56. The lowest BCUT2D eigenvalue weighted by molar-refractivity contribution is -0.385. The highest BCUT2D eigenvalue weighted by Gasteiger charge is 2.28. The molecule has 136 valence electrons. The summed E-state index contributed by atoms with van der Waals surface area (Å²) < 4.78 is 4.87. The van der Waals surface area contributed by atoms with Gasteiger partial charge in [0.1, 0.15) is 6.04 Å². The van der Waals surface area contributed by atoms with Crippen molar-refractivity contribution in [1.82, 2.24) is 10.2 Å². The second-order valence-electron chi connectivity index (χ2n) is 5.14. The molecule has 1 unspecified atom stereocenters. The van der Waals surface area contributed by atoms with E-state index in [-0.39, 0.29) is 30.3 Å². The van der Waals surface area contributed by atoms with Gasteiger partial charge in [0.25, 0.3) is 5.91 Å². The third-order valence-corrected chi connectivity index (χ3v) is 3.43. The summed E-state index contributed by atoms with van der Waals surface area (Å²) in [5.41, 5.74) is -0.457. The van der Waals surface area contributed by atoms with E-state index in [0.29, 0.717) is 0 Å². The number of ether oxygens (including phenoxy) is 1. The second kappa shape index (κ2) is 8.62. The normalized spacial score (nSPS) is 11.3. The quantitative estimate of drug-likeness (QED) is 0.517. The van der Waals surface area contributed by atoms with Gasteiger partial charge in [0.05, 0.1) is 12.0 Å². The highest BCUT2D eigenvalue weighted by atomic mass is 16.6. The van der Waals surface area contributed by atoms with E-state index in [1.54, 1.807) is 0 Å². The second-order valence-corrected chi connectivity index (χ2v) is 5.14. The molecule has 1 atom stereocenters. The SMILES string of the molecule is COc1ccc(C(=O)N(CCNC(C)=O)C(C)C(=O)O)cc1[N+](=O)[O-]. The number of aliphatic carboxylic acids is 1. The van der Waals surface area contributed by atoms with Crippen molar-refractivity contribution in [3.8, 4) is 5.75 Å². The Hall–Kier alpha value is -3.17. The minimum absolute atomic E-state index is 0.0161. The molecule has 0 bridgehead atoms. The summed E-state index contributed by atoms with van der Waals surface area (Å²) in [5, 5.41) is 22.7. The van der Waals surface area contributed by atoms with E-state index in [4.69, 9.17) is 4.74 Å². The van der Waals surface area contributed by atoms with E-state index >= 15 is 0 Å². The van der Waals surface area contributed by atoms with Gasteiger partial charge < -0.3 is 20.1 Å². The Balaban J connectivity index is 3.15. The summed E-state index contributed by atoms with van der Waals surface area (Å²) >= 11 is 0. The van der Waals surface area contributed by atoms with E-state index in [2.05, 4.69) is 5.32 Å². The molecule has 25 heavy (non-hydrogen) atoms. The summed E-state index contributed by atoms with van der Waals surface area (Å²) in [7, 11) is 1.26. The number of carbonyl (C=O) groups excluding carboxylic acids is 2. The summed E-state index contributed by atoms with van der Waals surface area (Å²) in [6.45, 7) is 2.59. The molecular weight excluding hydrogens is 334 g/mol. The average molecular weight is 353 g/mol. The topological polar surface area (TPSA) is 139 Å². The summed E-state index contributed by atoms with van der Waals surface area (Å²) in [6.07, 6.45) is 0. The fourth-order valence-corrected chi connectivity index (χ4v) is 2.09. The third kappa shape index (κ3) is 5.16. The van der Waals surface area contributed by atoms with Crippen molar-refractivity contribution in [1.29, 1.82) is 0 Å². The van der Waals surface area contributed by atoms with Crippen LogP contribution in [0.3, 0.4) is 0 Å². The molecule has 2 N–H and O–H groups in total. The minimum Gasteiger partial charge on any atom is -0.490 e. The van der Waals surface area contributed by atoms with Gasteiger partial charge in [0, 0.05) is 31.6 Å². The molecule has 2 amide bonds. The number of carboxylic acids is 1. The van der Waals surface area contributed by atoms with Crippen molar-refractivity contribution in [2.75, 3.05) is 20.2 Å². The van der Waals surface area contributed by atoms with Crippen molar-refractivity contribution in [3.05, 3.63) is 33.9 Å². The number of rotatable bonds is 8. The van der Waals surface area contributed by atoms with Crippen molar-refractivity contribution in [3.63, 3.8) is 0 Å². The Morgan fingerprint density at radius 3 is 2.52 bits per heavy atom. The number of nitro benzene ring substituents is 1. The number of hydrogen-bond acceptors (Lipinski definition) is 6. The molecule has 0 spiro atoms. The Labute approximate surface area is 143 Å². The molecule has 0 fully saturated rings. The number of carboxylic acid groups (broad SMARTS) is 1. The smallest absolute Gasteiger partial charge is 0.326 e. The van der Waals surface area contributed by atoms with E-state index in [1.165, 1.54) is 33.1 Å². The maximum Gasteiger partial charge on any atom is 0.326 e. The molecule has 0 aliphatic rings. The molecule has 0 aliphatic carbocycles. The van der Waals surface area contributed by atoms with Crippen molar-refractivity contribution in [2.24, 2.45) is 0 Å². The van der Waals surface area contributed by atoms with Gasteiger partial charge in [-0.25, -0.2) is 4.79 Å². The van der Waals surface area contributed by atoms with Crippen LogP contribution in [0.1, 0.15) is 24.2 Å².